The van der Waals surface area contributed by atoms with Crippen molar-refractivity contribution in [3.8, 4) is 0 Å². The number of ether oxygens (including phenoxy) is 3. The first-order valence-electron chi connectivity index (χ1n) is 14.8. The van der Waals surface area contributed by atoms with Crippen LogP contribution in [0.25, 0.3) is 0 Å². The number of rotatable bonds is 11. The average Bonchev–Trinajstić information content (AvgIpc) is 2.89. The van der Waals surface area contributed by atoms with Crippen LogP contribution in [-0.4, -0.2) is 126 Å². The molecular formula is C27H50N6O8. The third kappa shape index (κ3) is 7.39. The second-order valence-corrected chi connectivity index (χ2v) is 12.3. The normalized spacial score (nSPS) is 42.5. The lowest BCUT2D eigenvalue weighted by atomic mass is 9.72. The minimum atomic E-state index is -1.46. The van der Waals surface area contributed by atoms with Gasteiger partial charge in [-0.1, -0.05) is 6.42 Å². The minimum absolute atomic E-state index is 0.145. The Kier molecular flexibility index (Phi) is 11.0. The van der Waals surface area contributed by atoms with Gasteiger partial charge < -0.3 is 67.8 Å². The third-order valence-electron chi connectivity index (χ3n) is 9.10. The number of carbonyl (C=O) groups is 1. The Bertz CT molecular complexity index is 907. The largest absolute Gasteiger partial charge is 0.492 e. The van der Waals surface area contributed by atoms with Crippen LogP contribution in [0.3, 0.4) is 0 Å². The highest BCUT2D eigenvalue weighted by Gasteiger charge is 2.53. The molecule has 236 valence electrons. The molecule has 0 aromatic heterocycles. The van der Waals surface area contributed by atoms with Gasteiger partial charge in [0.1, 0.15) is 35.8 Å². The van der Waals surface area contributed by atoms with Gasteiger partial charge in [-0.15, -0.1) is 0 Å². The molecule has 14 heteroatoms. The third-order valence-corrected chi connectivity index (χ3v) is 9.10. The van der Waals surface area contributed by atoms with E-state index < -0.39 is 78.4 Å². The lowest BCUT2D eigenvalue weighted by molar-refractivity contribution is -0.297. The van der Waals surface area contributed by atoms with Gasteiger partial charge in [0, 0.05) is 24.5 Å². The highest BCUT2D eigenvalue weighted by atomic mass is 16.7. The van der Waals surface area contributed by atoms with E-state index >= 15 is 0 Å². The number of amides is 1. The molecule has 1 amide bonds. The Balaban J connectivity index is 1.51. The summed E-state index contributed by atoms with van der Waals surface area (Å²) in [5, 5.41) is 52.4. The molecule has 0 aromatic carbocycles. The van der Waals surface area contributed by atoms with E-state index in [-0.39, 0.29) is 19.6 Å². The Hall–Kier alpha value is -1.43. The van der Waals surface area contributed by atoms with E-state index in [9.17, 15) is 25.2 Å². The van der Waals surface area contributed by atoms with E-state index in [0.29, 0.717) is 18.9 Å². The quantitative estimate of drug-likeness (QED) is 0.112. The van der Waals surface area contributed by atoms with Crippen LogP contribution in [0.1, 0.15) is 39.0 Å². The second-order valence-electron chi connectivity index (χ2n) is 12.3. The molecule has 12 atom stereocenters. The number of likely N-dealkylation sites (N-methyl/N-ethyl adjacent to an activating group) is 1. The monoisotopic (exact) mass is 586 g/mol. The van der Waals surface area contributed by atoms with E-state index in [2.05, 4.69) is 16.0 Å². The van der Waals surface area contributed by atoms with Crippen molar-refractivity contribution in [3.05, 3.63) is 11.8 Å². The smallest absolute Gasteiger partial charge is 0.250 e. The highest BCUT2D eigenvalue weighted by molar-refractivity contribution is 5.81. The van der Waals surface area contributed by atoms with Crippen molar-refractivity contribution in [1.82, 2.24) is 16.0 Å². The van der Waals surface area contributed by atoms with Crippen LogP contribution in [0.15, 0.2) is 11.8 Å². The Morgan fingerprint density at radius 1 is 1.24 bits per heavy atom. The molecule has 1 saturated heterocycles. The zero-order valence-electron chi connectivity index (χ0n) is 24.0. The molecule has 14 nitrogen and oxygen atoms in total. The van der Waals surface area contributed by atoms with E-state index in [4.69, 9.17) is 31.4 Å². The predicted molar refractivity (Wildman–Crippen MR) is 149 cm³/mol. The highest BCUT2D eigenvalue weighted by Crippen LogP contribution is 2.36. The molecule has 3 fully saturated rings. The summed E-state index contributed by atoms with van der Waals surface area (Å²) in [6.45, 7) is 2.55. The van der Waals surface area contributed by atoms with Gasteiger partial charge in [0.05, 0.1) is 31.3 Å². The lowest BCUT2D eigenvalue weighted by Gasteiger charge is -2.50. The molecular weight excluding hydrogens is 536 g/mol. The SMILES string of the molecule is CN[C@@H]1[C@@H](O)[C@@H](O[C@H]2[C@H](NC(=O)[C@@H](O)CN)C[C@H](N)C([C@H]3OC(CNCC4CCC4)=CC[C@H]3N)[C@@H]2O)OC[C@]1(C)O. The number of aliphatic hydroxyl groups excluding tert-OH is 3. The molecule has 13 N–H and O–H groups in total. The zero-order chi connectivity index (χ0) is 29.9. The fraction of sp³-hybridized carbons (Fsp3) is 0.889. The maximum atomic E-state index is 12.6. The van der Waals surface area contributed by atoms with Gasteiger partial charge in [0.2, 0.25) is 5.91 Å². The number of carbonyl (C=O) groups excluding carboxylic acids is 1. The van der Waals surface area contributed by atoms with Crippen LogP contribution < -0.4 is 33.2 Å². The molecule has 0 spiro atoms. The van der Waals surface area contributed by atoms with Crippen LogP contribution >= 0.6 is 0 Å². The summed E-state index contributed by atoms with van der Waals surface area (Å²) >= 11 is 0. The molecule has 2 aliphatic carbocycles. The van der Waals surface area contributed by atoms with Crippen molar-refractivity contribution in [2.75, 3.05) is 33.3 Å². The van der Waals surface area contributed by atoms with E-state index in [1.807, 2.05) is 6.08 Å². The van der Waals surface area contributed by atoms with Gasteiger partial charge in [-0.05, 0) is 58.2 Å². The molecule has 0 radical (unpaired) electrons. The van der Waals surface area contributed by atoms with Gasteiger partial charge in [-0.25, -0.2) is 0 Å². The first kappa shape index (κ1) is 32.5. The standard InChI is InChI=1S/C27H50N6O8/c1-27(38)12-39-26(21(36)24(27)31-2)41-23-17(33-25(37)18(34)9-28)8-16(30)19(20(23)35)22-15(29)7-6-14(40-22)11-32-10-13-4-3-5-13/h6,13,15-24,26,31-32,34-36,38H,3-5,7-12,28-30H2,1-2H3,(H,33,37)/t15-,16+,17-,18+,19?,20+,21-,22+,23+,24-,26-,27+/m1/s1. The summed E-state index contributed by atoms with van der Waals surface area (Å²) in [4.78, 5) is 12.6. The van der Waals surface area contributed by atoms with E-state index in [1.165, 1.54) is 26.2 Å². The van der Waals surface area contributed by atoms with Gasteiger partial charge in [-0.2, -0.15) is 0 Å². The van der Waals surface area contributed by atoms with Gasteiger partial charge in [0.15, 0.2) is 6.29 Å². The summed E-state index contributed by atoms with van der Waals surface area (Å²) in [5.74, 6) is 0.0112. The maximum Gasteiger partial charge on any atom is 0.250 e. The number of nitrogens with two attached hydrogens (primary N) is 3. The lowest BCUT2D eigenvalue weighted by Crippen LogP contribution is -2.69. The van der Waals surface area contributed by atoms with Crippen LogP contribution in [0.5, 0.6) is 0 Å². The predicted octanol–water partition coefficient (Wildman–Crippen LogP) is -3.67. The molecule has 0 bridgehead atoms. The molecule has 2 aliphatic heterocycles. The number of aliphatic hydroxyl groups is 4. The first-order chi connectivity index (χ1) is 19.5. The summed E-state index contributed by atoms with van der Waals surface area (Å²) in [5.41, 5.74) is 17.2. The van der Waals surface area contributed by atoms with Crippen molar-refractivity contribution in [3.63, 3.8) is 0 Å². The Morgan fingerprint density at radius 3 is 2.61 bits per heavy atom. The molecule has 2 heterocycles. The summed E-state index contributed by atoms with van der Waals surface area (Å²) < 4.78 is 18.2. The average molecular weight is 587 g/mol. The molecule has 1 unspecified atom stereocenters. The number of hydrogen-bond acceptors (Lipinski definition) is 13. The zero-order valence-corrected chi connectivity index (χ0v) is 24.0. The maximum absolute atomic E-state index is 12.6. The summed E-state index contributed by atoms with van der Waals surface area (Å²) in [6, 6.07) is -2.73. The van der Waals surface area contributed by atoms with Crippen molar-refractivity contribution in [1.29, 1.82) is 0 Å². The van der Waals surface area contributed by atoms with Gasteiger partial charge in [0.25, 0.3) is 0 Å². The van der Waals surface area contributed by atoms with Crippen molar-refractivity contribution >= 4 is 5.91 Å². The van der Waals surface area contributed by atoms with E-state index in [0.717, 1.165) is 12.3 Å². The fourth-order valence-corrected chi connectivity index (χ4v) is 6.44. The Labute approximate surface area is 241 Å². The van der Waals surface area contributed by atoms with Crippen molar-refractivity contribution < 1.29 is 39.4 Å². The summed E-state index contributed by atoms with van der Waals surface area (Å²) in [7, 11) is 1.60. The topological polar surface area (TPSA) is 240 Å². The van der Waals surface area contributed by atoms with Gasteiger partial charge >= 0.3 is 0 Å². The fourth-order valence-electron chi connectivity index (χ4n) is 6.44. The number of hydrogen-bond donors (Lipinski definition) is 10. The molecule has 2 saturated carbocycles. The second kappa shape index (κ2) is 13.9. The molecule has 0 aromatic rings. The number of nitrogens with one attached hydrogen (secondary N) is 3. The summed E-state index contributed by atoms with van der Waals surface area (Å²) in [6.07, 6.45) is -0.648. The van der Waals surface area contributed by atoms with Gasteiger partial charge in [-0.3, -0.25) is 4.79 Å². The molecule has 4 aliphatic rings. The van der Waals surface area contributed by atoms with Crippen molar-refractivity contribution in [2.45, 2.75) is 106 Å². The van der Waals surface area contributed by atoms with Crippen LogP contribution in [-0.2, 0) is 19.0 Å². The van der Waals surface area contributed by atoms with Crippen LogP contribution in [0, 0.1) is 11.8 Å². The van der Waals surface area contributed by atoms with E-state index in [1.54, 1.807) is 7.05 Å². The van der Waals surface area contributed by atoms with Crippen LogP contribution in [0.4, 0.5) is 0 Å². The van der Waals surface area contributed by atoms with Crippen molar-refractivity contribution in [2.24, 2.45) is 29.0 Å². The van der Waals surface area contributed by atoms with Crippen LogP contribution in [0.2, 0.25) is 0 Å². The molecule has 41 heavy (non-hydrogen) atoms. The first-order valence-corrected chi connectivity index (χ1v) is 14.8. The molecule has 4 rings (SSSR count). The Morgan fingerprint density at radius 2 is 1.98 bits per heavy atom. The minimum Gasteiger partial charge on any atom is -0.492 e.